The first-order valence-corrected chi connectivity index (χ1v) is 27.2. The Labute approximate surface area is 450 Å². The molecule has 78 heavy (non-hydrogen) atoms. The molecule has 6 nitrogen and oxygen atoms in total. The van der Waals surface area contributed by atoms with E-state index < -0.39 is 0 Å². The number of anilines is 5. The second-order valence-corrected chi connectivity index (χ2v) is 21.6. The van der Waals surface area contributed by atoms with Crippen LogP contribution in [0.3, 0.4) is 0 Å². The molecule has 0 amide bonds. The molecule has 0 atom stereocenters. The highest BCUT2D eigenvalue weighted by molar-refractivity contribution is 6.23. The van der Waals surface area contributed by atoms with E-state index in [1.165, 1.54) is 10.9 Å². The minimum atomic E-state index is 0.149. The molecule has 0 spiro atoms. The van der Waals surface area contributed by atoms with Gasteiger partial charge in [-0.05, 0) is 106 Å². The summed E-state index contributed by atoms with van der Waals surface area (Å²) in [6.45, 7) is 14.1. The van der Waals surface area contributed by atoms with E-state index in [9.17, 15) is 0 Å². The van der Waals surface area contributed by atoms with Gasteiger partial charge in [0.05, 0.1) is 34.1 Å². The van der Waals surface area contributed by atoms with Crippen LogP contribution in [0, 0.1) is 5.92 Å². The van der Waals surface area contributed by atoms with Gasteiger partial charge in [0.1, 0.15) is 22.3 Å². The van der Waals surface area contributed by atoms with Crippen molar-refractivity contribution in [1.82, 2.24) is 0 Å². The van der Waals surface area contributed by atoms with E-state index in [0.29, 0.717) is 5.92 Å². The lowest BCUT2D eigenvalue weighted by molar-refractivity contribution is 0.594. The molecule has 11 aromatic carbocycles. The molecule has 15 rings (SSSR count). The summed E-state index contributed by atoms with van der Waals surface area (Å²) in [4.78, 5) is 4.80. The van der Waals surface area contributed by atoms with Crippen molar-refractivity contribution in [2.75, 3.05) is 9.80 Å². The Balaban J connectivity index is 1.06. The lowest BCUT2D eigenvalue weighted by Crippen LogP contribution is -2.18. The fourth-order valence-electron chi connectivity index (χ4n) is 12.5. The first-order valence-electron chi connectivity index (χ1n) is 27.2. The Morgan fingerprint density at radius 2 is 0.821 bits per heavy atom. The van der Waals surface area contributed by atoms with Gasteiger partial charge in [0, 0.05) is 54.0 Å². The molecule has 6 heteroatoms. The Bertz CT molecular complexity index is 4760. The summed E-state index contributed by atoms with van der Waals surface area (Å²) >= 11 is 0. The van der Waals surface area contributed by atoms with Gasteiger partial charge < -0.3 is 27.5 Å². The molecule has 4 aromatic heterocycles. The minimum absolute atomic E-state index is 0.149. The van der Waals surface area contributed by atoms with Crippen molar-refractivity contribution >= 4 is 150 Å². The van der Waals surface area contributed by atoms with Crippen molar-refractivity contribution in [2.45, 2.75) is 46.5 Å². The molecule has 0 aliphatic carbocycles. The maximum atomic E-state index is 6.98. The molecular weight excluding hydrogens is 957 g/mol. The van der Waals surface area contributed by atoms with Gasteiger partial charge in [-0.25, -0.2) is 0 Å². The molecule has 0 unspecified atom stereocenters. The van der Waals surface area contributed by atoms with Gasteiger partial charge >= 0.3 is 0 Å². The Morgan fingerprint density at radius 3 is 1.27 bits per heavy atom. The van der Waals surface area contributed by atoms with E-state index in [0.717, 1.165) is 162 Å². The van der Waals surface area contributed by atoms with Crippen LogP contribution in [0.2, 0.25) is 0 Å². The summed E-state index contributed by atoms with van der Waals surface area (Å²) in [5.74, 6) is 0.623. The third-order valence-electron chi connectivity index (χ3n) is 16.1. The van der Waals surface area contributed by atoms with E-state index >= 15 is 0 Å². The van der Waals surface area contributed by atoms with Gasteiger partial charge in [0.2, 0.25) is 0 Å². The van der Waals surface area contributed by atoms with Crippen molar-refractivity contribution in [3.63, 3.8) is 0 Å². The lowest BCUT2D eigenvalue weighted by Gasteiger charge is -2.31. The number of allylic oxidation sites excluding steroid dienone is 1. The van der Waals surface area contributed by atoms with Crippen LogP contribution in [0.15, 0.2) is 224 Å². The maximum Gasteiger partial charge on any atom is 0.159 e. The van der Waals surface area contributed by atoms with Gasteiger partial charge in [-0.1, -0.05) is 186 Å². The normalized spacial score (nSPS) is 12.6. The molecule has 0 N–H and O–H groups in total. The molecular formula is C72H54N2O4. The average molecular weight is 1010 g/mol. The number of benzene rings is 11. The minimum Gasteiger partial charge on any atom is -0.454 e. The highest BCUT2D eigenvalue weighted by Gasteiger charge is 2.30. The fourth-order valence-corrected chi connectivity index (χ4v) is 12.5. The Kier molecular flexibility index (Phi) is 10.5. The third kappa shape index (κ3) is 6.95. The van der Waals surface area contributed by atoms with Gasteiger partial charge in [-0.15, -0.1) is 0 Å². The second-order valence-electron chi connectivity index (χ2n) is 21.6. The molecule has 0 aliphatic heterocycles. The van der Waals surface area contributed by atoms with Crippen LogP contribution >= 0.6 is 0 Å². The van der Waals surface area contributed by atoms with Gasteiger partial charge in [-0.2, -0.15) is 0 Å². The van der Waals surface area contributed by atoms with E-state index in [-0.39, 0.29) is 5.92 Å². The van der Waals surface area contributed by atoms with Crippen molar-refractivity contribution in [2.24, 2.45) is 5.92 Å². The first kappa shape index (κ1) is 45.8. The van der Waals surface area contributed by atoms with Crippen molar-refractivity contribution in [3.05, 3.63) is 223 Å². The van der Waals surface area contributed by atoms with Crippen molar-refractivity contribution < 1.29 is 17.7 Å². The Hall–Kier alpha value is -9.52. The predicted octanol–water partition coefficient (Wildman–Crippen LogP) is 20.9. The molecule has 0 fully saturated rings. The van der Waals surface area contributed by atoms with E-state index in [1.54, 1.807) is 0 Å². The summed E-state index contributed by atoms with van der Waals surface area (Å²) in [7, 11) is 0. The number of hydrogen-bond acceptors (Lipinski definition) is 6. The second kappa shape index (κ2) is 17.8. The smallest absolute Gasteiger partial charge is 0.159 e. The van der Waals surface area contributed by atoms with Crippen LogP contribution in [0.1, 0.15) is 57.6 Å². The van der Waals surface area contributed by atoms with Crippen LogP contribution in [0.5, 0.6) is 0 Å². The monoisotopic (exact) mass is 1010 g/mol. The molecule has 0 saturated heterocycles. The number of hydrogen-bond donors (Lipinski definition) is 0. The van der Waals surface area contributed by atoms with Crippen LogP contribution in [0.4, 0.5) is 28.4 Å². The van der Waals surface area contributed by atoms with Crippen LogP contribution in [-0.2, 0) is 0 Å². The molecule has 4 heterocycles. The largest absolute Gasteiger partial charge is 0.454 e. The summed E-state index contributed by atoms with van der Waals surface area (Å²) in [6.07, 6.45) is 4.26. The summed E-state index contributed by atoms with van der Waals surface area (Å²) in [6, 6.07) is 70.9. The zero-order valence-corrected chi connectivity index (χ0v) is 43.9. The number of furan rings is 4. The van der Waals surface area contributed by atoms with Gasteiger partial charge in [-0.3, -0.25) is 0 Å². The molecule has 0 bridgehead atoms. The van der Waals surface area contributed by atoms with E-state index in [4.69, 9.17) is 24.2 Å². The van der Waals surface area contributed by atoms with Gasteiger partial charge in [0.25, 0.3) is 0 Å². The topological polar surface area (TPSA) is 59.0 Å². The van der Waals surface area contributed by atoms with Crippen molar-refractivity contribution in [1.29, 1.82) is 0 Å². The SMILES string of the molecule is C=c1ccc2c(N(c3cccc4c3oc3ccccc34)c3cccc4c3oc3ccccc34)cc(C(C)C)c3ccc(/C(=C\CCC(C)C)N(c4cccc5c4oc4ccccc45)c4cccc5c4oc4ccccc45)c1c32. The quantitative estimate of drug-likeness (QED) is 0.129. The summed E-state index contributed by atoms with van der Waals surface area (Å²) < 4.78 is 27.9. The van der Waals surface area contributed by atoms with Crippen molar-refractivity contribution in [3.8, 4) is 0 Å². The van der Waals surface area contributed by atoms with Crippen LogP contribution < -0.4 is 15.0 Å². The summed E-state index contributed by atoms with van der Waals surface area (Å²) in [5, 5.41) is 13.9. The molecule has 0 saturated carbocycles. The van der Waals surface area contributed by atoms with Gasteiger partial charge in [0.15, 0.2) is 22.3 Å². The highest BCUT2D eigenvalue weighted by Crippen LogP contribution is 2.52. The zero-order valence-electron chi connectivity index (χ0n) is 43.9. The molecule has 15 aromatic rings. The lowest BCUT2D eigenvalue weighted by atomic mass is 9.86. The fraction of sp³-hybridized carbons (Fsp3) is 0.111. The maximum absolute atomic E-state index is 6.98. The third-order valence-corrected chi connectivity index (χ3v) is 16.1. The highest BCUT2D eigenvalue weighted by atomic mass is 16.3. The predicted molar refractivity (Wildman–Crippen MR) is 327 cm³/mol. The average Bonchev–Trinajstić information content (AvgIpc) is 4.38. The molecule has 376 valence electrons. The number of fused-ring (bicyclic) bond motifs is 12. The van der Waals surface area contributed by atoms with Crippen LogP contribution in [-0.4, -0.2) is 0 Å². The molecule has 0 aliphatic rings. The summed E-state index contributed by atoms with van der Waals surface area (Å²) in [5.41, 5.74) is 14.5. The number of para-hydroxylation sites is 8. The first-order chi connectivity index (χ1) is 38.3. The number of rotatable bonds is 11. The standard InChI is InChI=1S/C72H54N2O4/c1-42(2)19-14-28-57(73(58-29-15-24-50-45-20-6-10-33-63(45)75-69(50)58)59-30-16-25-51-46-21-7-11-34-64(46)76-70(51)59)54-40-39-49-56(43(3)4)41-62(55-38-37-44(5)67(54)68(49)55)74(60-31-17-26-52-47-22-8-12-35-65(47)77-71(52)60)61-32-18-27-53-48-23-9-13-36-66(48)78-72(53)61/h6-13,15-18,20-43H,5,14,19H2,1-4H3/b57-28+. The van der Waals surface area contributed by atoms with E-state index in [1.807, 2.05) is 24.3 Å². The van der Waals surface area contributed by atoms with E-state index in [2.05, 4.69) is 219 Å². The zero-order chi connectivity index (χ0) is 52.3. The van der Waals surface area contributed by atoms with Crippen LogP contribution in [0.25, 0.3) is 122 Å². The number of nitrogens with zero attached hydrogens (tertiary/aromatic N) is 2. The Morgan fingerprint density at radius 1 is 0.410 bits per heavy atom. The molecule has 0 radical (unpaired) electrons.